The number of ether oxygens (including phenoxy) is 1. The number of rotatable bonds is 4. The second-order valence-electron chi connectivity index (χ2n) is 4.94. The molecule has 0 saturated carbocycles. The van der Waals surface area contributed by atoms with Crippen LogP contribution in [0.2, 0.25) is 0 Å². The molecule has 2 aromatic rings. The Morgan fingerprint density at radius 3 is 2.30 bits per heavy atom. The Balaban J connectivity index is 2.18. The molecule has 0 fully saturated rings. The minimum Gasteiger partial charge on any atom is -0.457 e. The molecule has 0 aromatic heterocycles. The summed E-state index contributed by atoms with van der Waals surface area (Å²) in [6.45, 7) is 1.91. The summed E-state index contributed by atoms with van der Waals surface area (Å²) in [5.74, 6) is 1.44. The van der Waals surface area contributed by atoms with Gasteiger partial charge in [0.05, 0.1) is 5.92 Å². The van der Waals surface area contributed by atoms with Crippen molar-refractivity contribution in [2.75, 3.05) is 14.1 Å². The van der Waals surface area contributed by atoms with Crippen molar-refractivity contribution in [1.29, 1.82) is 0 Å². The van der Waals surface area contributed by atoms with Crippen molar-refractivity contribution in [2.45, 2.75) is 12.8 Å². The highest BCUT2D eigenvalue weighted by Gasteiger charge is 2.17. The quantitative estimate of drug-likeness (QED) is 0.847. The van der Waals surface area contributed by atoms with Gasteiger partial charge in [0, 0.05) is 14.1 Å². The Morgan fingerprint density at radius 1 is 1.00 bits per heavy atom. The molecule has 0 heterocycles. The molecule has 2 aromatic carbocycles. The van der Waals surface area contributed by atoms with E-state index in [1.165, 1.54) is 0 Å². The molecular weight excluding hydrogens is 250 g/mol. The average Bonchev–Trinajstić information content (AvgIpc) is 2.47. The average molecular weight is 269 g/mol. The maximum atomic E-state index is 12.0. The smallest absolute Gasteiger partial charge is 0.229 e. The number of hydrogen-bond acceptors (Lipinski definition) is 2. The number of carbonyl (C=O) groups excluding carboxylic acids is 1. The number of likely N-dealkylation sites (N-methyl/N-ethyl adjacent to an activating group) is 1. The zero-order valence-electron chi connectivity index (χ0n) is 12.0. The fourth-order valence-electron chi connectivity index (χ4n) is 2.00. The van der Waals surface area contributed by atoms with Crippen LogP contribution in [0.1, 0.15) is 18.4 Å². The molecule has 104 valence electrons. The lowest BCUT2D eigenvalue weighted by atomic mass is 10.00. The molecule has 0 aliphatic rings. The van der Waals surface area contributed by atoms with E-state index in [0.29, 0.717) is 0 Å². The van der Waals surface area contributed by atoms with Gasteiger partial charge in [-0.25, -0.2) is 0 Å². The zero-order chi connectivity index (χ0) is 14.5. The number of nitrogens with zero attached hydrogens (tertiary/aromatic N) is 1. The maximum absolute atomic E-state index is 12.0. The van der Waals surface area contributed by atoms with Gasteiger partial charge < -0.3 is 9.64 Å². The second-order valence-corrected chi connectivity index (χ2v) is 4.94. The van der Waals surface area contributed by atoms with E-state index in [1.807, 2.05) is 61.5 Å². The van der Waals surface area contributed by atoms with Crippen LogP contribution in [0.3, 0.4) is 0 Å². The van der Waals surface area contributed by atoms with Gasteiger partial charge in [-0.3, -0.25) is 4.79 Å². The van der Waals surface area contributed by atoms with Gasteiger partial charge in [0.25, 0.3) is 0 Å². The van der Waals surface area contributed by atoms with E-state index in [9.17, 15) is 4.79 Å². The first-order valence-corrected chi connectivity index (χ1v) is 6.62. The van der Waals surface area contributed by atoms with Crippen molar-refractivity contribution in [3.63, 3.8) is 0 Å². The van der Waals surface area contributed by atoms with Gasteiger partial charge in [-0.05, 0) is 36.8 Å². The maximum Gasteiger partial charge on any atom is 0.229 e. The predicted octanol–water partition coefficient (Wildman–Crippen LogP) is 3.67. The van der Waals surface area contributed by atoms with E-state index < -0.39 is 0 Å². The summed E-state index contributed by atoms with van der Waals surface area (Å²) >= 11 is 0. The van der Waals surface area contributed by atoms with Crippen LogP contribution >= 0.6 is 0 Å². The molecule has 3 heteroatoms. The van der Waals surface area contributed by atoms with Crippen LogP contribution in [0.5, 0.6) is 11.5 Å². The molecule has 1 atom stereocenters. The third-order valence-electron chi connectivity index (χ3n) is 3.15. The lowest BCUT2D eigenvalue weighted by Gasteiger charge is -2.17. The minimum absolute atomic E-state index is 0.0851. The number of amides is 1. The van der Waals surface area contributed by atoms with Gasteiger partial charge in [0.15, 0.2) is 0 Å². The Hall–Kier alpha value is -2.29. The first kappa shape index (κ1) is 14.1. The SMILES string of the molecule is CC(C(=O)N(C)C)c1cccc(Oc2ccccc2)c1. The third-order valence-corrected chi connectivity index (χ3v) is 3.15. The lowest BCUT2D eigenvalue weighted by Crippen LogP contribution is -2.26. The van der Waals surface area contributed by atoms with Crippen molar-refractivity contribution in [3.05, 3.63) is 60.2 Å². The molecule has 3 nitrogen and oxygen atoms in total. The van der Waals surface area contributed by atoms with Crippen LogP contribution in [0.15, 0.2) is 54.6 Å². The molecule has 0 N–H and O–H groups in total. The number of carbonyl (C=O) groups is 1. The molecule has 0 spiro atoms. The molecular formula is C17H19NO2. The van der Waals surface area contributed by atoms with Gasteiger partial charge in [0.2, 0.25) is 5.91 Å². The molecule has 20 heavy (non-hydrogen) atoms. The monoisotopic (exact) mass is 269 g/mol. The summed E-state index contributed by atoms with van der Waals surface area (Å²) < 4.78 is 5.78. The number of benzene rings is 2. The van der Waals surface area contributed by atoms with Gasteiger partial charge >= 0.3 is 0 Å². The summed E-state index contributed by atoms with van der Waals surface area (Å²) in [6, 6.07) is 17.3. The topological polar surface area (TPSA) is 29.5 Å². The summed E-state index contributed by atoms with van der Waals surface area (Å²) in [4.78, 5) is 13.6. The predicted molar refractivity (Wildman–Crippen MR) is 80.1 cm³/mol. The van der Waals surface area contributed by atoms with Crippen molar-refractivity contribution >= 4 is 5.91 Å². The van der Waals surface area contributed by atoms with Crippen molar-refractivity contribution < 1.29 is 9.53 Å². The minimum atomic E-state index is -0.177. The first-order chi connectivity index (χ1) is 9.58. The third kappa shape index (κ3) is 3.38. The second kappa shape index (κ2) is 6.24. The molecule has 2 rings (SSSR count). The highest BCUT2D eigenvalue weighted by atomic mass is 16.5. The zero-order valence-corrected chi connectivity index (χ0v) is 12.0. The lowest BCUT2D eigenvalue weighted by molar-refractivity contribution is -0.129. The molecule has 0 aliphatic carbocycles. The number of para-hydroxylation sites is 1. The molecule has 1 amide bonds. The Bertz CT molecular complexity index is 579. The van der Waals surface area contributed by atoms with Crippen LogP contribution < -0.4 is 4.74 Å². The van der Waals surface area contributed by atoms with Crippen LogP contribution in [0, 0.1) is 0 Å². The molecule has 1 unspecified atom stereocenters. The molecule has 0 radical (unpaired) electrons. The van der Waals surface area contributed by atoms with Gasteiger partial charge in [-0.2, -0.15) is 0 Å². The van der Waals surface area contributed by atoms with Crippen molar-refractivity contribution in [1.82, 2.24) is 4.90 Å². The van der Waals surface area contributed by atoms with Crippen LogP contribution in [0.25, 0.3) is 0 Å². The Kier molecular flexibility index (Phi) is 4.41. The van der Waals surface area contributed by atoms with Gasteiger partial charge in [-0.15, -0.1) is 0 Å². The summed E-state index contributed by atoms with van der Waals surface area (Å²) in [5.41, 5.74) is 0.956. The van der Waals surface area contributed by atoms with E-state index in [1.54, 1.807) is 19.0 Å². The van der Waals surface area contributed by atoms with Crippen LogP contribution in [-0.4, -0.2) is 24.9 Å². The Labute approximate surface area is 119 Å². The molecule has 0 saturated heterocycles. The normalized spacial score (nSPS) is 11.8. The van der Waals surface area contributed by atoms with E-state index in [2.05, 4.69) is 0 Å². The van der Waals surface area contributed by atoms with Crippen LogP contribution in [-0.2, 0) is 4.79 Å². The Morgan fingerprint density at radius 2 is 1.65 bits per heavy atom. The highest BCUT2D eigenvalue weighted by molar-refractivity contribution is 5.82. The highest BCUT2D eigenvalue weighted by Crippen LogP contribution is 2.25. The fourth-order valence-corrected chi connectivity index (χ4v) is 2.00. The van der Waals surface area contributed by atoms with E-state index >= 15 is 0 Å². The summed E-state index contributed by atoms with van der Waals surface area (Å²) in [6.07, 6.45) is 0. The molecule has 0 bridgehead atoms. The fraction of sp³-hybridized carbons (Fsp3) is 0.235. The number of hydrogen-bond donors (Lipinski definition) is 0. The van der Waals surface area contributed by atoms with E-state index in [4.69, 9.17) is 4.74 Å². The van der Waals surface area contributed by atoms with Gasteiger partial charge in [0.1, 0.15) is 11.5 Å². The van der Waals surface area contributed by atoms with E-state index in [-0.39, 0.29) is 11.8 Å². The van der Waals surface area contributed by atoms with E-state index in [0.717, 1.165) is 17.1 Å². The first-order valence-electron chi connectivity index (χ1n) is 6.62. The van der Waals surface area contributed by atoms with Crippen molar-refractivity contribution in [2.24, 2.45) is 0 Å². The largest absolute Gasteiger partial charge is 0.457 e. The standard InChI is InChI=1S/C17H19NO2/c1-13(17(19)18(2)3)14-8-7-11-16(12-14)20-15-9-5-4-6-10-15/h4-13H,1-3H3. The summed E-state index contributed by atoms with van der Waals surface area (Å²) in [5, 5.41) is 0. The van der Waals surface area contributed by atoms with Crippen molar-refractivity contribution in [3.8, 4) is 11.5 Å². The summed E-state index contributed by atoms with van der Waals surface area (Å²) in [7, 11) is 3.53. The van der Waals surface area contributed by atoms with Gasteiger partial charge in [-0.1, -0.05) is 30.3 Å². The van der Waals surface area contributed by atoms with Crippen LogP contribution in [0.4, 0.5) is 0 Å². The molecule has 0 aliphatic heterocycles.